The molecule has 98 valence electrons. The highest BCUT2D eigenvalue weighted by Gasteiger charge is 2.29. The Hall–Kier alpha value is -1.60. The SMILES string of the molecule is Cc1ccc(C(O)C2CCc3ccccc32)c(C)c1. The Morgan fingerprint density at radius 3 is 2.68 bits per heavy atom. The average molecular weight is 252 g/mol. The van der Waals surface area contributed by atoms with Gasteiger partial charge in [-0.2, -0.15) is 0 Å². The van der Waals surface area contributed by atoms with Crippen molar-refractivity contribution in [1.29, 1.82) is 0 Å². The fourth-order valence-electron chi connectivity index (χ4n) is 3.29. The van der Waals surface area contributed by atoms with Gasteiger partial charge < -0.3 is 5.11 Å². The second kappa shape index (κ2) is 4.82. The summed E-state index contributed by atoms with van der Waals surface area (Å²) in [6.45, 7) is 4.18. The third-order valence-electron chi connectivity index (χ3n) is 4.30. The Bertz CT molecular complexity index is 600. The topological polar surface area (TPSA) is 20.2 Å². The van der Waals surface area contributed by atoms with E-state index < -0.39 is 0 Å². The van der Waals surface area contributed by atoms with Gasteiger partial charge in [0.1, 0.15) is 0 Å². The Labute approximate surface area is 114 Å². The van der Waals surface area contributed by atoms with Gasteiger partial charge in [-0.25, -0.2) is 0 Å². The van der Waals surface area contributed by atoms with E-state index in [-0.39, 0.29) is 12.0 Å². The summed E-state index contributed by atoms with van der Waals surface area (Å²) in [4.78, 5) is 0. The normalized spacial score (nSPS) is 19.2. The van der Waals surface area contributed by atoms with Gasteiger partial charge in [-0.3, -0.25) is 0 Å². The first-order valence-corrected chi connectivity index (χ1v) is 7.00. The van der Waals surface area contributed by atoms with Crippen LogP contribution in [0.15, 0.2) is 42.5 Å². The third-order valence-corrected chi connectivity index (χ3v) is 4.30. The van der Waals surface area contributed by atoms with E-state index in [4.69, 9.17) is 0 Å². The third kappa shape index (κ3) is 2.19. The molecule has 1 aliphatic rings. The first-order chi connectivity index (χ1) is 9.16. The summed E-state index contributed by atoms with van der Waals surface area (Å²) < 4.78 is 0. The molecule has 0 aliphatic heterocycles. The molecule has 2 aromatic rings. The lowest BCUT2D eigenvalue weighted by Crippen LogP contribution is -2.09. The molecule has 0 heterocycles. The van der Waals surface area contributed by atoms with Crippen molar-refractivity contribution in [3.8, 4) is 0 Å². The summed E-state index contributed by atoms with van der Waals surface area (Å²) in [6.07, 6.45) is 1.75. The van der Waals surface area contributed by atoms with Crippen LogP contribution in [0.25, 0.3) is 0 Å². The number of hydrogen-bond donors (Lipinski definition) is 1. The van der Waals surface area contributed by atoms with Crippen molar-refractivity contribution in [3.63, 3.8) is 0 Å². The van der Waals surface area contributed by atoms with Crippen molar-refractivity contribution in [1.82, 2.24) is 0 Å². The lowest BCUT2D eigenvalue weighted by atomic mass is 9.88. The van der Waals surface area contributed by atoms with Crippen LogP contribution >= 0.6 is 0 Å². The first-order valence-electron chi connectivity index (χ1n) is 7.00. The first kappa shape index (κ1) is 12.4. The van der Waals surface area contributed by atoms with Gasteiger partial charge >= 0.3 is 0 Å². The summed E-state index contributed by atoms with van der Waals surface area (Å²) in [5, 5.41) is 10.7. The minimum absolute atomic E-state index is 0.248. The van der Waals surface area contributed by atoms with Crippen molar-refractivity contribution in [2.24, 2.45) is 0 Å². The van der Waals surface area contributed by atoms with E-state index in [0.29, 0.717) is 0 Å². The number of rotatable bonds is 2. The molecule has 0 saturated carbocycles. The van der Waals surface area contributed by atoms with Crippen LogP contribution in [0.2, 0.25) is 0 Å². The number of aryl methyl sites for hydroxylation is 3. The van der Waals surface area contributed by atoms with Gasteiger partial charge in [0.05, 0.1) is 6.10 Å². The number of fused-ring (bicyclic) bond motifs is 1. The predicted octanol–water partition coefficient (Wildman–Crippen LogP) is 4.07. The molecule has 1 aliphatic carbocycles. The van der Waals surface area contributed by atoms with E-state index in [9.17, 15) is 5.11 Å². The zero-order valence-electron chi connectivity index (χ0n) is 11.6. The van der Waals surface area contributed by atoms with Crippen molar-refractivity contribution in [2.75, 3.05) is 0 Å². The molecular formula is C18H20O. The molecule has 2 unspecified atom stereocenters. The standard InChI is InChI=1S/C18H20O/c1-12-7-9-15(13(2)11-12)18(19)17-10-8-14-5-3-4-6-16(14)17/h3-7,9,11,17-19H,8,10H2,1-2H3. The highest BCUT2D eigenvalue weighted by atomic mass is 16.3. The molecule has 0 saturated heterocycles. The van der Waals surface area contributed by atoms with Crippen LogP contribution in [0.3, 0.4) is 0 Å². The average Bonchev–Trinajstić information content (AvgIpc) is 2.82. The summed E-state index contributed by atoms with van der Waals surface area (Å²) in [7, 11) is 0. The van der Waals surface area contributed by atoms with Crippen molar-refractivity contribution < 1.29 is 5.11 Å². The highest BCUT2D eigenvalue weighted by molar-refractivity contribution is 5.40. The fraction of sp³-hybridized carbons (Fsp3) is 0.333. The van der Waals surface area contributed by atoms with Gasteiger partial charge in [-0.05, 0) is 48.9 Å². The van der Waals surface area contributed by atoms with Gasteiger partial charge in [-0.15, -0.1) is 0 Å². The smallest absolute Gasteiger partial charge is 0.0861 e. The maximum Gasteiger partial charge on any atom is 0.0861 e. The molecule has 1 heteroatoms. The molecule has 0 aromatic heterocycles. The lowest BCUT2D eigenvalue weighted by molar-refractivity contribution is 0.144. The van der Waals surface area contributed by atoms with Gasteiger partial charge in [0.2, 0.25) is 0 Å². The molecular weight excluding hydrogens is 232 g/mol. The molecule has 0 radical (unpaired) electrons. The summed E-state index contributed by atoms with van der Waals surface area (Å²) in [5.74, 6) is 0.248. The Morgan fingerprint density at radius 1 is 1.11 bits per heavy atom. The van der Waals surface area contributed by atoms with Crippen molar-refractivity contribution in [2.45, 2.75) is 38.7 Å². The monoisotopic (exact) mass is 252 g/mol. The second-order valence-corrected chi connectivity index (χ2v) is 5.65. The molecule has 1 N–H and O–H groups in total. The molecule has 0 spiro atoms. The van der Waals surface area contributed by atoms with E-state index in [1.54, 1.807) is 0 Å². The van der Waals surface area contributed by atoms with E-state index in [1.165, 1.54) is 22.3 Å². The van der Waals surface area contributed by atoms with Gasteiger partial charge in [-0.1, -0.05) is 48.0 Å². The second-order valence-electron chi connectivity index (χ2n) is 5.65. The van der Waals surface area contributed by atoms with E-state index >= 15 is 0 Å². The van der Waals surface area contributed by atoms with E-state index in [0.717, 1.165) is 18.4 Å². The summed E-state index contributed by atoms with van der Waals surface area (Å²) in [6, 6.07) is 14.8. The molecule has 0 fully saturated rings. The minimum Gasteiger partial charge on any atom is -0.388 e. The van der Waals surface area contributed by atoms with Gasteiger partial charge in [0.15, 0.2) is 0 Å². The molecule has 2 aromatic carbocycles. The van der Waals surface area contributed by atoms with E-state index in [1.807, 2.05) is 0 Å². The van der Waals surface area contributed by atoms with Crippen LogP contribution in [0, 0.1) is 13.8 Å². The lowest BCUT2D eigenvalue weighted by Gasteiger charge is -2.21. The molecule has 2 atom stereocenters. The van der Waals surface area contributed by atoms with E-state index in [2.05, 4.69) is 56.3 Å². The van der Waals surface area contributed by atoms with Crippen LogP contribution in [-0.2, 0) is 6.42 Å². The van der Waals surface area contributed by atoms with Crippen LogP contribution < -0.4 is 0 Å². The number of hydrogen-bond acceptors (Lipinski definition) is 1. The van der Waals surface area contributed by atoms with Crippen molar-refractivity contribution in [3.05, 3.63) is 70.3 Å². The van der Waals surface area contributed by atoms with Gasteiger partial charge in [0.25, 0.3) is 0 Å². The predicted molar refractivity (Wildman–Crippen MR) is 78.4 cm³/mol. The van der Waals surface area contributed by atoms with Crippen LogP contribution in [-0.4, -0.2) is 5.11 Å². The number of benzene rings is 2. The van der Waals surface area contributed by atoms with Crippen LogP contribution in [0.1, 0.15) is 46.3 Å². The minimum atomic E-state index is -0.385. The van der Waals surface area contributed by atoms with Crippen LogP contribution in [0.5, 0.6) is 0 Å². The quantitative estimate of drug-likeness (QED) is 0.854. The molecule has 0 bridgehead atoms. The van der Waals surface area contributed by atoms with Gasteiger partial charge in [0, 0.05) is 5.92 Å². The Balaban J connectivity index is 1.95. The van der Waals surface area contributed by atoms with Crippen molar-refractivity contribution >= 4 is 0 Å². The Kier molecular flexibility index (Phi) is 3.16. The zero-order valence-corrected chi connectivity index (χ0v) is 11.6. The maximum atomic E-state index is 10.7. The molecule has 3 rings (SSSR count). The fourth-order valence-corrected chi connectivity index (χ4v) is 3.29. The number of aliphatic hydroxyl groups excluding tert-OH is 1. The Morgan fingerprint density at radius 2 is 1.89 bits per heavy atom. The number of aliphatic hydroxyl groups is 1. The van der Waals surface area contributed by atoms with Crippen LogP contribution in [0.4, 0.5) is 0 Å². The highest BCUT2D eigenvalue weighted by Crippen LogP contribution is 2.42. The molecule has 19 heavy (non-hydrogen) atoms. The summed E-state index contributed by atoms with van der Waals surface area (Å²) >= 11 is 0. The zero-order chi connectivity index (χ0) is 13.4. The summed E-state index contributed by atoms with van der Waals surface area (Å²) in [5.41, 5.74) is 6.25. The molecule has 1 nitrogen and oxygen atoms in total. The largest absolute Gasteiger partial charge is 0.388 e. The molecule has 0 amide bonds. The maximum absolute atomic E-state index is 10.7.